The van der Waals surface area contributed by atoms with Crippen LogP contribution in [0, 0.1) is 12.8 Å². The van der Waals surface area contributed by atoms with E-state index in [0.29, 0.717) is 19.1 Å². The number of amides is 2. The number of rotatable bonds is 7. The van der Waals surface area contributed by atoms with Crippen molar-refractivity contribution >= 4 is 11.7 Å². The van der Waals surface area contributed by atoms with E-state index in [1.807, 2.05) is 32.0 Å². The smallest absolute Gasteiger partial charge is 0.319 e. The Balaban J connectivity index is 1.88. The van der Waals surface area contributed by atoms with Crippen molar-refractivity contribution in [3.05, 3.63) is 23.8 Å². The van der Waals surface area contributed by atoms with Gasteiger partial charge in [0.1, 0.15) is 5.75 Å². The van der Waals surface area contributed by atoms with Gasteiger partial charge in [0.25, 0.3) is 0 Å². The molecule has 134 valence electrons. The Morgan fingerprint density at radius 3 is 2.71 bits per heavy atom. The highest BCUT2D eigenvalue weighted by Gasteiger charge is 2.18. The van der Waals surface area contributed by atoms with Gasteiger partial charge in [0, 0.05) is 17.8 Å². The minimum Gasteiger partial charge on any atom is -0.490 e. The lowest BCUT2D eigenvalue weighted by Gasteiger charge is -2.18. The number of benzene rings is 1. The lowest BCUT2D eigenvalue weighted by molar-refractivity contribution is 0.163. The zero-order chi connectivity index (χ0) is 17.5. The van der Waals surface area contributed by atoms with Crippen molar-refractivity contribution < 1.29 is 14.6 Å². The summed E-state index contributed by atoms with van der Waals surface area (Å²) in [6.07, 6.45) is 5.30. The molecule has 1 saturated carbocycles. The summed E-state index contributed by atoms with van der Waals surface area (Å²) in [5.41, 5.74) is 1.72. The first-order valence-corrected chi connectivity index (χ1v) is 8.95. The summed E-state index contributed by atoms with van der Waals surface area (Å²) in [6.45, 7) is 6.27. The molecule has 0 aromatic heterocycles. The minimum absolute atomic E-state index is 0.228. The van der Waals surface area contributed by atoms with Crippen molar-refractivity contribution in [3.8, 4) is 5.75 Å². The zero-order valence-electron chi connectivity index (χ0n) is 15.0. The Bertz CT molecular complexity index is 539. The summed E-state index contributed by atoms with van der Waals surface area (Å²) < 4.78 is 6.07. The quantitative estimate of drug-likeness (QED) is 0.709. The molecule has 3 N–H and O–H groups in total. The molecule has 1 aromatic rings. The molecule has 0 heterocycles. The number of hydrogen-bond donors (Lipinski definition) is 3. The average molecular weight is 334 g/mol. The Hall–Kier alpha value is -1.75. The molecule has 2 atom stereocenters. The highest BCUT2D eigenvalue weighted by molar-refractivity contribution is 5.90. The molecule has 1 fully saturated rings. The molecule has 0 spiro atoms. The fourth-order valence-corrected chi connectivity index (χ4v) is 3.16. The van der Waals surface area contributed by atoms with Gasteiger partial charge in [-0.1, -0.05) is 13.0 Å². The van der Waals surface area contributed by atoms with E-state index >= 15 is 0 Å². The number of ether oxygens (including phenoxy) is 1. The van der Waals surface area contributed by atoms with Crippen molar-refractivity contribution in [2.75, 3.05) is 11.9 Å². The lowest BCUT2D eigenvalue weighted by atomic mass is 10.1. The fourth-order valence-electron chi connectivity index (χ4n) is 3.16. The molecule has 0 saturated heterocycles. The van der Waals surface area contributed by atoms with E-state index in [1.54, 1.807) is 6.92 Å². The summed E-state index contributed by atoms with van der Waals surface area (Å²) in [5.74, 6) is 1.08. The topological polar surface area (TPSA) is 70.6 Å². The van der Waals surface area contributed by atoms with Crippen molar-refractivity contribution in [3.63, 3.8) is 0 Å². The number of anilines is 1. The second-order valence-corrected chi connectivity index (χ2v) is 6.98. The molecule has 2 rings (SSSR count). The van der Waals surface area contributed by atoms with Crippen LogP contribution in [-0.4, -0.2) is 29.9 Å². The molecule has 5 heteroatoms. The first-order valence-electron chi connectivity index (χ1n) is 8.95. The molecule has 24 heavy (non-hydrogen) atoms. The molecule has 0 unspecified atom stereocenters. The molecular weight excluding hydrogens is 304 g/mol. The normalized spacial score (nSPS) is 17.3. The maximum absolute atomic E-state index is 12.1. The van der Waals surface area contributed by atoms with Crippen molar-refractivity contribution in [1.82, 2.24) is 5.32 Å². The van der Waals surface area contributed by atoms with Gasteiger partial charge >= 0.3 is 6.03 Å². The first-order chi connectivity index (χ1) is 11.5. The zero-order valence-corrected chi connectivity index (χ0v) is 15.0. The van der Waals surface area contributed by atoms with E-state index in [0.717, 1.165) is 29.8 Å². The van der Waals surface area contributed by atoms with E-state index in [1.165, 1.54) is 12.8 Å². The van der Waals surface area contributed by atoms with Gasteiger partial charge in [0.2, 0.25) is 0 Å². The van der Waals surface area contributed by atoms with Gasteiger partial charge in [-0.05, 0) is 64.0 Å². The molecule has 5 nitrogen and oxygen atoms in total. The van der Waals surface area contributed by atoms with E-state index in [9.17, 15) is 9.90 Å². The Kier molecular flexibility index (Phi) is 6.91. The fraction of sp³-hybridized carbons (Fsp3) is 0.632. The van der Waals surface area contributed by atoms with Gasteiger partial charge < -0.3 is 20.5 Å². The Morgan fingerprint density at radius 2 is 2.04 bits per heavy atom. The van der Waals surface area contributed by atoms with Gasteiger partial charge in [-0.2, -0.15) is 0 Å². The van der Waals surface area contributed by atoms with Crippen LogP contribution in [0.15, 0.2) is 18.2 Å². The number of nitrogens with one attached hydrogen (secondary N) is 2. The van der Waals surface area contributed by atoms with Crippen LogP contribution >= 0.6 is 0 Å². The standard InChI is InChI=1S/C19H30N2O3/c1-13(11-14(2)22)12-20-19(23)21-17-9-6-10-18(15(17)3)24-16-7-4-5-8-16/h6,9-10,13-14,16,22H,4-5,7-8,11-12H2,1-3H3,(H2,20,21,23)/t13-,14+/m0/s1. The number of carbonyl (C=O) groups is 1. The summed E-state index contributed by atoms with van der Waals surface area (Å²) in [7, 11) is 0. The third-order valence-corrected chi connectivity index (χ3v) is 4.48. The summed E-state index contributed by atoms with van der Waals surface area (Å²) >= 11 is 0. The van der Waals surface area contributed by atoms with E-state index in [2.05, 4.69) is 10.6 Å². The molecule has 0 aliphatic heterocycles. The first kappa shape index (κ1) is 18.6. The van der Waals surface area contributed by atoms with Crippen molar-refractivity contribution in [2.45, 2.75) is 65.1 Å². The molecular formula is C19H30N2O3. The van der Waals surface area contributed by atoms with Crippen LogP contribution in [0.3, 0.4) is 0 Å². The number of aliphatic hydroxyl groups excluding tert-OH is 1. The van der Waals surface area contributed by atoms with Gasteiger partial charge in [-0.3, -0.25) is 0 Å². The Labute approximate surface area is 144 Å². The van der Waals surface area contributed by atoms with Crippen molar-refractivity contribution in [2.24, 2.45) is 5.92 Å². The van der Waals surface area contributed by atoms with Crippen LogP contribution in [-0.2, 0) is 0 Å². The SMILES string of the molecule is Cc1c(NC(=O)NC[C@@H](C)C[C@@H](C)O)cccc1OC1CCCC1. The predicted octanol–water partition coefficient (Wildman–Crippen LogP) is 3.84. The van der Waals surface area contributed by atoms with Crippen LogP contribution in [0.2, 0.25) is 0 Å². The lowest BCUT2D eigenvalue weighted by Crippen LogP contribution is -2.33. The summed E-state index contributed by atoms with van der Waals surface area (Å²) in [4.78, 5) is 12.1. The maximum Gasteiger partial charge on any atom is 0.319 e. The number of hydrogen-bond acceptors (Lipinski definition) is 3. The minimum atomic E-state index is -0.350. The van der Waals surface area contributed by atoms with E-state index in [-0.39, 0.29) is 18.1 Å². The van der Waals surface area contributed by atoms with E-state index < -0.39 is 0 Å². The Morgan fingerprint density at radius 1 is 1.33 bits per heavy atom. The highest BCUT2D eigenvalue weighted by atomic mass is 16.5. The average Bonchev–Trinajstić information content (AvgIpc) is 3.02. The highest BCUT2D eigenvalue weighted by Crippen LogP contribution is 2.30. The van der Waals surface area contributed by atoms with Gasteiger partial charge in [-0.25, -0.2) is 4.79 Å². The molecule has 1 aliphatic carbocycles. The molecule has 0 radical (unpaired) electrons. The summed E-state index contributed by atoms with van der Waals surface area (Å²) in [5, 5.41) is 15.1. The number of aliphatic hydroxyl groups is 1. The largest absolute Gasteiger partial charge is 0.490 e. The van der Waals surface area contributed by atoms with Crippen molar-refractivity contribution in [1.29, 1.82) is 0 Å². The molecule has 1 aromatic carbocycles. The third-order valence-electron chi connectivity index (χ3n) is 4.48. The predicted molar refractivity (Wildman–Crippen MR) is 96.5 cm³/mol. The van der Waals surface area contributed by atoms with Crippen LogP contribution in [0.5, 0.6) is 5.75 Å². The van der Waals surface area contributed by atoms with Crippen LogP contribution in [0.1, 0.15) is 51.5 Å². The van der Waals surface area contributed by atoms with Crippen LogP contribution in [0.25, 0.3) is 0 Å². The molecule has 1 aliphatic rings. The number of carbonyl (C=O) groups excluding carboxylic acids is 1. The maximum atomic E-state index is 12.1. The third kappa shape index (κ3) is 5.71. The van der Waals surface area contributed by atoms with Crippen LogP contribution < -0.4 is 15.4 Å². The summed E-state index contributed by atoms with van der Waals surface area (Å²) in [6, 6.07) is 5.52. The van der Waals surface area contributed by atoms with Gasteiger partial charge in [-0.15, -0.1) is 0 Å². The molecule has 2 amide bonds. The van der Waals surface area contributed by atoms with Crippen LogP contribution in [0.4, 0.5) is 10.5 Å². The van der Waals surface area contributed by atoms with E-state index in [4.69, 9.17) is 4.74 Å². The monoisotopic (exact) mass is 334 g/mol. The second kappa shape index (κ2) is 8.92. The van der Waals surface area contributed by atoms with Gasteiger partial charge in [0.05, 0.1) is 12.2 Å². The molecule has 0 bridgehead atoms. The van der Waals surface area contributed by atoms with Gasteiger partial charge in [0.15, 0.2) is 0 Å². The second-order valence-electron chi connectivity index (χ2n) is 6.98. The number of urea groups is 1.